The van der Waals surface area contributed by atoms with Gasteiger partial charge in [-0.3, -0.25) is 0 Å². The van der Waals surface area contributed by atoms with Gasteiger partial charge in [-0.25, -0.2) is 0 Å². The summed E-state index contributed by atoms with van der Waals surface area (Å²) in [5, 5.41) is 0. The topological polar surface area (TPSA) is 9.23 Å². The van der Waals surface area contributed by atoms with Crippen molar-refractivity contribution in [1.29, 1.82) is 0 Å². The van der Waals surface area contributed by atoms with Crippen LogP contribution in [0.25, 0.3) is 0 Å². The SMILES string of the molecule is COc1ccc(C(Br)c2ccc(C)s2)cc1. The first kappa shape index (κ1) is 11.7. The smallest absolute Gasteiger partial charge is 0.118 e. The maximum atomic E-state index is 5.15. The minimum Gasteiger partial charge on any atom is -0.497 e. The number of hydrogen-bond acceptors (Lipinski definition) is 2. The van der Waals surface area contributed by atoms with E-state index >= 15 is 0 Å². The summed E-state index contributed by atoms with van der Waals surface area (Å²) in [7, 11) is 1.68. The lowest BCUT2D eigenvalue weighted by Gasteiger charge is -2.08. The lowest BCUT2D eigenvalue weighted by molar-refractivity contribution is 0.414. The van der Waals surface area contributed by atoms with E-state index in [1.807, 2.05) is 23.5 Å². The molecule has 1 heterocycles. The standard InChI is InChI=1S/C13H13BrOS/c1-9-3-8-12(16-9)13(14)10-4-6-11(15-2)7-5-10/h3-8,13H,1-2H3. The quantitative estimate of drug-likeness (QED) is 0.755. The van der Waals surface area contributed by atoms with Crippen molar-refractivity contribution in [2.75, 3.05) is 7.11 Å². The largest absolute Gasteiger partial charge is 0.497 e. The van der Waals surface area contributed by atoms with Crippen molar-refractivity contribution < 1.29 is 4.74 Å². The van der Waals surface area contributed by atoms with E-state index in [4.69, 9.17) is 4.74 Å². The Kier molecular flexibility index (Phi) is 3.66. The van der Waals surface area contributed by atoms with Gasteiger partial charge in [-0.2, -0.15) is 0 Å². The highest BCUT2D eigenvalue weighted by molar-refractivity contribution is 9.09. The highest BCUT2D eigenvalue weighted by Crippen LogP contribution is 2.35. The lowest BCUT2D eigenvalue weighted by atomic mass is 10.1. The molecule has 0 saturated heterocycles. The van der Waals surface area contributed by atoms with Crippen LogP contribution in [0.1, 0.15) is 20.1 Å². The maximum absolute atomic E-state index is 5.15. The van der Waals surface area contributed by atoms with Crippen molar-refractivity contribution in [3.63, 3.8) is 0 Å². The molecule has 0 fully saturated rings. The molecule has 0 amide bonds. The molecule has 0 saturated carbocycles. The van der Waals surface area contributed by atoms with Crippen molar-refractivity contribution in [2.24, 2.45) is 0 Å². The van der Waals surface area contributed by atoms with E-state index in [1.165, 1.54) is 15.3 Å². The molecule has 1 unspecified atom stereocenters. The van der Waals surface area contributed by atoms with Gasteiger partial charge in [-0.05, 0) is 36.8 Å². The summed E-state index contributed by atoms with van der Waals surface area (Å²) in [6.07, 6.45) is 0. The van der Waals surface area contributed by atoms with Gasteiger partial charge in [0.05, 0.1) is 11.9 Å². The monoisotopic (exact) mass is 296 g/mol. The molecule has 16 heavy (non-hydrogen) atoms. The van der Waals surface area contributed by atoms with E-state index in [0.717, 1.165) is 5.75 Å². The Labute approximate surface area is 108 Å². The number of ether oxygens (including phenoxy) is 1. The van der Waals surface area contributed by atoms with E-state index in [9.17, 15) is 0 Å². The van der Waals surface area contributed by atoms with Crippen LogP contribution in [0.4, 0.5) is 0 Å². The molecule has 0 aliphatic carbocycles. The molecule has 0 aliphatic heterocycles. The molecule has 0 aliphatic rings. The van der Waals surface area contributed by atoms with Gasteiger partial charge in [0.2, 0.25) is 0 Å². The number of hydrogen-bond donors (Lipinski definition) is 0. The molecule has 0 radical (unpaired) electrons. The molecule has 84 valence electrons. The van der Waals surface area contributed by atoms with Gasteiger partial charge >= 0.3 is 0 Å². The molecule has 2 aromatic rings. The van der Waals surface area contributed by atoms with Crippen LogP contribution in [-0.2, 0) is 0 Å². The minimum absolute atomic E-state index is 0.275. The van der Waals surface area contributed by atoms with E-state index < -0.39 is 0 Å². The Hall–Kier alpha value is -0.800. The Morgan fingerprint density at radius 1 is 1.12 bits per heavy atom. The van der Waals surface area contributed by atoms with Gasteiger partial charge in [0, 0.05) is 9.75 Å². The summed E-state index contributed by atoms with van der Waals surface area (Å²) >= 11 is 5.55. The van der Waals surface area contributed by atoms with E-state index in [0.29, 0.717) is 0 Å². The molecule has 1 aromatic heterocycles. The Bertz CT molecular complexity index is 461. The summed E-state index contributed by atoms with van der Waals surface area (Å²) in [6.45, 7) is 2.13. The van der Waals surface area contributed by atoms with Crippen LogP contribution in [0.15, 0.2) is 36.4 Å². The van der Waals surface area contributed by atoms with Crippen LogP contribution in [0.5, 0.6) is 5.75 Å². The van der Waals surface area contributed by atoms with Crippen molar-refractivity contribution in [3.05, 3.63) is 51.7 Å². The Morgan fingerprint density at radius 3 is 2.31 bits per heavy atom. The van der Waals surface area contributed by atoms with Gasteiger partial charge in [0.25, 0.3) is 0 Å². The van der Waals surface area contributed by atoms with Gasteiger partial charge in [0.15, 0.2) is 0 Å². The first-order valence-corrected chi connectivity index (χ1v) is 6.78. The highest BCUT2D eigenvalue weighted by Gasteiger charge is 2.11. The maximum Gasteiger partial charge on any atom is 0.118 e. The van der Waals surface area contributed by atoms with Gasteiger partial charge in [0.1, 0.15) is 5.75 Å². The predicted molar refractivity (Wildman–Crippen MR) is 72.8 cm³/mol. The number of methoxy groups -OCH3 is 1. The molecule has 0 N–H and O–H groups in total. The molecule has 3 heteroatoms. The van der Waals surface area contributed by atoms with Crippen LogP contribution in [0.2, 0.25) is 0 Å². The molecule has 1 nitrogen and oxygen atoms in total. The third-order valence-electron chi connectivity index (χ3n) is 2.42. The third kappa shape index (κ3) is 2.47. The Morgan fingerprint density at radius 2 is 1.81 bits per heavy atom. The third-order valence-corrected chi connectivity index (χ3v) is 4.81. The number of benzene rings is 1. The average molecular weight is 297 g/mol. The van der Waals surface area contributed by atoms with Gasteiger partial charge < -0.3 is 4.74 Å². The molecule has 2 rings (SSSR count). The van der Waals surface area contributed by atoms with Crippen molar-refractivity contribution in [2.45, 2.75) is 11.8 Å². The summed E-state index contributed by atoms with van der Waals surface area (Å²) in [4.78, 5) is 2.95. The second-order valence-corrected chi connectivity index (χ2v) is 5.82. The Balaban J connectivity index is 2.23. The van der Waals surface area contributed by atoms with Crippen LogP contribution >= 0.6 is 27.3 Å². The van der Waals surface area contributed by atoms with Gasteiger partial charge in [-0.1, -0.05) is 28.1 Å². The number of thiophene rings is 1. The molecular formula is C13H13BrOS. The number of aryl methyl sites for hydroxylation is 1. The highest BCUT2D eigenvalue weighted by atomic mass is 79.9. The van der Waals surface area contributed by atoms with Gasteiger partial charge in [-0.15, -0.1) is 11.3 Å². The molecule has 1 atom stereocenters. The fourth-order valence-electron chi connectivity index (χ4n) is 1.53. The summed E-state index contributed by atoms with van der Waals surface area (Å²) in [5.74, 6) is 0.894. The molecule has 1 aromatic carbocycles. The van der Waals surface area contributed by atoms with Crippen LogP contribution < -0.4 is 4.74 Å². The molecular weight excluding hydrogens is 284 g/mol. The number of rotatable bonds is 3. The normalized spacial score (nSPS) is 12.4. The van der Waals surface area contributed by atoms with E-state index in [-0.39, 0.29) is 4.83 Å². The zero-order valence-electron chi connectivity index (χ0n) is 9.24. The fraction of sp³-hybridized carbons (Fsp3) is 0.231. The van der Waals surface area contributed by atoms with Crippen LogP contribution in [0.3, 0.4) is 0 Å². The predicted octanol–water partition coefficient (Wildman–Crippen LogP) is 4.55. The summed E-state index contributed by atoms with van der Waals surface area (Å²) < 4.78 is 5.15. The van der Waals surface area contributed by atoms with Crippen molar-refractivity contribution in [3.8, 4) is 5.75 Å². The van der Waals surface area contributed by atoms with Crippen LogP contribution in [0, 0.1) is 6.92 Å². The molecule has 0 bridgehead atoms. The van der Waals surface area contributed by atoms with Crippen molar-refractivity contribution >= 4 is 27.3 Å². The zero-order valence-corrected chi connectivity index (χ0v) is 11.6. The second-order valence-electron chi connectivity index (χ2n) is 3.58. The second kappa shape index (κ2) is 5.02. The minimum atomic E-state index is 0.275. The summed E-state index contributed by atoms with van der Waals surface area (Å²) in [6, 6.07) is 12.5. The number of alkyl halides is 1. The average Bonchev–Trinajstić information content (AvgIpc) is 2.75. The van der Waals surface area contributed by atoms with E-state index in [2.05, 4.69) is 47.1 Å². The fourth-order valence-corrected chi connectivity index (χ4v) is 3.15. The number of halogens is 1. The summed E-state index contributed by atoms with van der Waals surface area (Å²) in [5.41, 5.74) is 1.25. The lowest BCUT2D eigenvalue weighted by Crippen LogP contribution is -1.89. The zero-order chi connectivity index (χ0) is 11.5. The van der Waals surface area contributed by atoms with E-state index in [1.54, 1.807) is 7.11 Å². The first-order chi connectivity index (χ1) is 7.70. The van der Waals surface area contributed by atoms with Crippen LogP contribution in [-0.4, -0.2) is 7.11 Å². The molecule has 0 spiro atoms. The first-order valence-electron chi connectivity index (χ1n) is 5.05. The van der Waals surface area contributed by atoms with Crippen molar-refractivity contribution in [1.82, 2.24) is 0 Å².